The number of halogens is 1. The Bertz CT molecular complexity index is 1120. The van der Waals surface area contributed by atoms with Crippen LogP contribution in [0.4, 0.5) is 0 Å². The lowest BCUT2D eigenvalue weighted by atomic mass is 9.97. The van der Waals surface area contributed by atoms with Gasteiger partial charge in [0.05, 0.1) is 3.57 Å². The topological polar surface area (TPSA) is 44.5 Å². The van der Waals surface area contributed by atoms with Gasteiger partial charge in [-0.1, -0.05) is 79.7 Å². The molecule has 4 rings (SSSR count). The quantitative estimate of drug-likeness (QED) is 0.232. The number of nitrogens with zero attached hydrogens (tertiary/aromatic N) is 1. The molecule has 0 aliphatic rings. The van der Waals surface area contributed by atoms with Crippen LogP contribution in [-0.4, -0.2) is 5.16 Å². The fourth-order valence-electron chi connectivity index (χ4n) is 3.29. The molecule has 0 spiro atoms. The van der Waals surface area contributed by atoms with Crippen LogP contribution in [0.2, 0.25) is 0 Å². The largest absolute Gasteiger partial charge is 0.488 e. The van der Waals surface area contributed by atoms with Crippen molar-refractivity contribution in [1.82, 2.24) is 5.16 Å². The van der Waals surface area contributed by atoms with Crippen LogP contribution in [0.5, 0.6) is 11.5 Å². The minimum absolute atomic E-state index is 0.265. The molecule has 0 amide bonds. The van der Waals surface area contributed by atoms with Crippen molar-refractivity contribution < 1.29 is 14.0 Å². The summed E-state index contributed by atoms with van der Waals surface area (Å²) < 4.78 is 18.4. The van der Waals surface area contributed by atoms with Crippen molar-refractivity contribution >= 4 is 22.6 Å². The zero-order chi connectivity index (χ0) is 21.6. The second-order valence-corrected chi connectivity index (χ2v) is 8.62. The van der Waals surface area contributed by atoms with E-state index in [1.54, 1.807) is 0 Å². The van der Waals surface area contributed by atoms with Gasteiger partial charge in [0.15, 0.2) is 0 Å². The van der Waals surface area contributed by atoms with Gasteiger partial charge in [-0.2, -0.15) is 0 Å². The molecule has 4 nitrogen and oxygen atoms in total. The number of hydrogen-bond donors (Lipinski definition) is 0. The first-order valence-corrected chi connectivity index (χ1v) is 11.2. The normalized spacial score (nSPS) is 11.0. The van der Waals surface area contributed by atoms with Crippen molar-refractivity contribution in [2.24, 2.45) is 0 Å². The van der Waals surface area contributed by atoms with E-state index >= 15 is 0 Å². The van der Waals surface area contributed by atoms with Crippen molar-refractivity contribution in [3.63, 3.8) is 0 Å². The Balaban J connectivity index is 1.71. The van der Waals surface area contributed by atoms with Gasteiger partial charge >= 0.3 is 0 Å². The predicted molar refractivity (Wildman–Crippen MR) is 129 cm³/mol. The molecule has 4 aromatic rings. The first kappa shape index (κ1) is 21.4. The van der Waals surface area contributed by atoms with Gasteiger partial charge < -0.3 is 14.0 Å². The molecule has 0 unspecified atom stereocenters. The standard InChI is InChI=1S/C26H23INO3/c1-18(2)21-13-22(26-23(27)17-31-28-26)25(30-16-20-11-7-4-8-12-20)14-24(21)29-15-19-9-5-3-6-10-19/h3-14,18H,15-16H2,1-2H3. The van der Waals surface area contributed by atoms with E-state index in [2.05, 4.69) is 66.1 Å². The number of aromatic nitrogens is 1. The van der Waals surface area contributed by atoms with Gasteiger partial charge in [0.2, 0.25) is 6.26 Å². The molecule has 0 bridgehead atoms. The summed E-state index contributed by atoms with van der Waals surface area (Å²) in [6, 6.07) is 24.3. The van der Waals surface area contributed by atoms with Crippen LogP contribution < -0.4 is 9.47 Å². The second kappa shape index (κ2) is 10.0. The Labute approximate surface area is 196 Å². The van der Waals surface area contributed by atoms with Crippen molar-refractivity contribution in [2.75, 3.05) is 0 Å². The van der Waals surface area contributed by atoms with Gasteiger partial charge in [-0.05, 0) is 51.3 Å². The highest BCUT2D eigenvalue weighted by atomic mass is 127. The van der Waals surface area contributed by atoms with E-state index < -0.39 is 0 Å². The van der Waals surface area contributed by atoms with E-state index in [4.69, 9.17) is 14.0 Å². The molecule has 1 aromatic heterocycles. The Morgan fingerprint density at radius 2 is 1.45 bits per heavy atom. The molecule has 1 radical (unpaired) electrons. The average Bonchev–Trinajstić information content (AvgIpc) is 3.23. The van der Waals surface area contributed by atoms with Crippen LogP contribution in [0.1, 0.15) is 36.5 Å². The van der Waals surface area contributed by atoms with Crippen LogP contribution in [0, 0.1) is 9.83 Å². The lowest BCUT2D eigenvalue weighted by Gasteiger charge is -2.19. The van der Waals surface area contributed by atoms with E-state index in [-0.39, 0.29) is 5.92 Å². The van der Waals surface area contributed by atoms with E-state index in [0.29, 0.717) is 19.0 Å². The van der Waals surface area contributed by atoms with E-state index in [1.165, 1.54) is 0 Å². The summed E-state index contributed by atoms with van der Waals surface area (Å²) in [6.45, 7) is 5.25. The third kappa shape index (κ3) is 5.28. The fraction of sp³-hybridized carbons (Fsp3) is 0.192. The highest BCUT2D eigenvalue weighted by Gasteiger charge is 2.20. The summed E-state index contributed by atoms with van der Waals surface area (Å²) in [4.78, 5) is 0. The van der Waals surface area contributed by atoms with Gasteiger partial charge in [0.1, 0.15) is 30.4 Å². The van der Waals surface area contributed by atoms with Gasteiger partial charge in [-0.3, -0.25) is 0 Å². The number of rotatable bonds is 8. The van der Waals surface area contributed by atoms with Gasteiger partial charge in [-0.25, -0.2) is 0 Å². The zero-order valence-electron chi connectivity index (χ0n) is 17.5. The Hall–Kier alpha value is -2.80. The molecule has 0 aliphatic carbocycles. The van der Waals surface area contributed by atoms with Crippen molar-refractivity contribution in [1.29, 1.82) is 0 Å². The number of benzene rings is 3. The lowest BCUT2D eigenvalue weighted by molar-refractivity contribution is 0.287. The zero-order valence-corrected chi connectivity index (χ0v) is 19.6. The molecule has 0 fully saturated rings. The molecule has 0 saturated carbocycles. The van der Waals surface area contributed by atoms with Crippen LogP contribution in [0.3, 0.4) is 0 Å². The van der Waals surface area contributed by atoms with Crippen LogP contribution in [0.25, 0.3) is 11.3 Å². The fourth-order valence-corrected chi connectivity index (χ4v) is 3.78. The van der Waals surface area contributed by atoms with Crippen LogP contribution in [0.15, 0.2) is 77.3 Å². The Morgan fingerprint density at radius 1 is 0.871 bits per heavy atom. The van der Waals surface area contributed by atoms with E-state index in [0.717, 1.165) is 37.3 Å². The first-order valence-electron chi connectivity index (χ1n) is 10.2. The molecule has 157 valence electrons. The average molecular weight is 524 g/mol. The Morgan fingerprint density at radius 3 is 1.97 bits per heavy atom. The monoisotopic (exact) mass is 524 g/mol. The predicted octanol–water partition coefficient (Wildman–Crippen LogP) is 7.03. The molecule has 31 heavy (non-hydrogen) atoms. The lowest BCUT2D eigenvalue weighted by Crippen LogP contribution is -2.03. The minimum Gasteiger partial charge on any atom is -0.488 e. The van der Waals surface area contributed by atoms with Crippen molar-refractivity contribution in [2.45, 2.75) is 33.0 Å². The SMILES string of the molecule is CC(C)c1cc(-c2no[c]c2I)c(OCc2ccccc2)cc1OCc1ccccc1. The summed E-state index contributed by atoms with van der Waals surface area (Å²) in [5, 5.41) is 4.17. The summed E-state index contributed by atoms with van der Waals surface area (Å²) in [7, 11) is 0. The molecular weight excluding hydrogens is 501 g/mol. The molecule has 3 aromatic carbocycles. The van der Waals surface area contributed by atoms with E-state index in [9.17, 15) is 0 Å². The molecule has 0 atom stereocenters. The maximum atomic E-state index is 6.25. The highest BCUT2D eigenvalue weighted by Crippen LogP contribution is 2.40. The van der Waals surface area contributed by atoms with Gasteiger partial charge in [0.25, 0.3) is 0 Å². The smallest absolute Gasteiger partial charge is 0.220 e. The minimum atomic E-state index is 0.265. The Kier molecular flexibility index (Phi) is 6.92. The van der Waals surface area contributed by atoms with Crippen LogP contribution >= 0.6 is 22.6 Å². The molecule has 0 N–H and O–H groups in total. The van der Waals surface area contributed by atoms with E-state index in [1.807, 2.05) is 54.6 Å². The molecule has 0 saturated heterocycles. The number of hydrogen-bond acceptors (Lipinski definition) is 4. The summed E-state index contributed by atoms with van der Waals surface area (Å²) >= 11 is 2.18. The van der Waals surface area contributed by atoms with Crippen LogP contribution in [-0.2, 0) is 13.2 Å². The maximum absolute atomic E-state index is 6.25. The molecule has 5 heteroatoms. The molecular formula is C26H23INO3. The first-order chi connectivity index (χ1) is 15.1. The third-order valence-electron chi connectivity index (χ3n) is 4.94. The summed E-state index contributed by atoms with van der Waals surface area (Å²) in [5.41, 5.74) is 4.90. The van der Waals surface area contributed by atoms with Gasteiger partial charge in [0, 0.05) is 11.6 Å². The van der Waals surface area contributed by atoms with Gasteiger partial charge in [-0.15, -0.1) is 0 Å². The summed E-state index contributed by atoms with van der Waals surface area (Å²) in [6.07, 6.45) is 2.79. The molecule has 0 aliphatic heterocycles. The summed E-state index contributed by atoms with van der Waals surface area (Å²) in [5.74, 6) is 1.78. The van der Waals surface area contributed by atoms with Crippen molar-refractivity contribution in [3.05, 3.63) is 99.3 Å². The number of ether oxygens (including phenoxy) is 2. The van der Waals surface area contributed by atoms with Crippen molar-refractivity contribution in [3.8, 4) is 22.8 Å². The second-order valence-electron chi connectivity index (χ2n) is 7.54. The molecule has 1 heterocycles. The highest BCUT2D eigenvalue weighted by molar-refractivity contribution is 14.1. The maximum Gasteiger partial charge on any atom is 0.220 e. The third-order valence-corrected chi connectivity index (χ3v) is 5.67.